The summed E-state index contributed by atoms with van der Waals surface area (Å²) in [5.74, 6) is 0.500. The van der Waals surface area contributed by atoms with Crippen LogP contribution in [0.1, 0.15) is 13.3 Å². The zero-order valence-corrected chi connectivity index (χ0v) is 6.13. The van der Waals surface area contributed by atoms with Gasteiger partial charge >= 0.3 is 0 Å². The fraction of sp³-hybridized carbons (Fsp3) is 0.625. The predicted octanol–water partition coefficient (Wildman–Crippen LogP) is 1.49. The van der Waals surface area contributed by atoms with Crippen LogP contribution in [0.2, 0.25) is 0 Å². The second kappa shape index (κ2) is 3.38. The number of rotatable bonds is 1. The molecule has 2 nitrogen and oxygen atoms in total. The summed E-state index contributed by atoms with van der Waals surface area (Å²) in [5.41, 5.74) is 1.15. The van der Waals surface area contributed by atoms with Crippen molar-refractivity contribution in [3.05, 3.63) is 11.6 Å². The molecule has 0 radical (unpaired) electrons. The van der Waals surface area contributed by atoms with E-state index in [9.17, 15) is 0 Å². The molecule has 0 saturated carbocycles. The first-order valence-corrected chi connectivity index (χ1v) is 3.48. The Morgan fingerprint density at radius 3 is 3.10 bits per heavy atom. The molecule has 0 amide bonds. The largest absolute Gasteiger partial charge is 0.381 e. The van der Waals surface area contributed by atoms with Gasteiger partial charge in [0.05, 0.1) is 12.7 Å². The number of nitriles is 1. The molecular weight excluding hydrogens is 126 g/mol. The van der Waals surface area contributed by atoms with Crippen molar-refractivity contribution < 1.29 is 4.74 Å². The van der Waals surface area contributed by atoms with E-state index >= 15 is 0 Å². The highest BCUT2D eigenvalue weighted by Gasteiger charge is 2.16. The Balaban J connectivity index is 2.49. The summed E-state index contributed by atoms with van der Waals surface area (Å²) >= 11 is 0. The summed E-state index contributed by atoms with van der Waals surface area (Å²) in [6.45, 7) is 3.63. The maximum atomic E-state index is 8.33. The molecule has 10 heavy (non-hydrogen) atoms. The fourth-order valence-electron chi connectivity index (χ4n) is 1.11. The lowest BCUT2D eigenvalue weighted by molar-refractivity contribution is 0.190. The SMILES string of the molecule is C/C(=C\C#N)C1CCOC1. The van der Waals surface area contributed by atoms with Gasteiger partial charge < -0.3 is 4.74 Å². The standard InChI is InChI=1S/C8H11NO/c1-7(2-4-9)8-3-5-10-6-8/h2,8H,3,5-6H2,1H3/b7-2+. The van der Waals surface area contributed by atoms with Crippen LogP contribution in [0.4, 0.5) is 0 Å². The van der Waals surface area contributed by atoms with Crippen LogP contribution >= 0.6 is 0 Å². The minimum Gasteiger partial charge on any atom is -0.381 e. The van der Waals surface area contributed by atoms with Crippen molar-refractivity contribution in [2.45, 2.75) is 13.3 Å². The average molecular weight is 137 g/mol. The average Bonchev–Trinajstić information content (AvgIpc) is 2.38. The van der Waals surface area contributed by atoms with E-state index in [1.807, 2.05) is 13.0 Å². The molecule has 1 aliphatic heterocycles. The molecule has 54 valence electrons. The lowest BCUT2D eigenvalue weighted by Crippen LogP contribution is -1.99. The van der Waals surface area contributed by atoms with Gasteiger partial charge in [0.1, 0.15) is 0 Å². The smallest absolute Gasteiger partial charge is 0.0911 e. The summed E-state index contributed by atoms with van der Waals surface area (Å²) in [6, 6.07) is 2.03. The van der Waals surface area contributed by atoms with Gasteiger partial charge in [-0.05, 0) is 13.3 Å². The van der Waals surface area contributed by atoms with E-state index in [1.165, 1.54) is 0 Å². The first-order valence-electron chi connectivity index (χ1n) is 3.48. The van der Waals surface area contributed by atoms with Crippen molar-refractivity contribution in [1.82, 2.24) is 0 Å². The topological polar surface area (TPSA) is 33.0 Å². The van der Waals surface area contributed by atoms with Gasteiger partial charge in [0.15, 0.2) is 0 Å². The van der Waals surface area contributed by atoms with Gasteiger partial charge in [0.2, 0.25) is 0 Å². The quantitative estimate of drug-likeness (QED) is 0.513. The summed E-state index contributed by atoms with van der Waals surface area (Å²) in [6.07, 6.45) is 2.68. The molecule has 0 aromatic rings. The molecule has 1 rings (SSSR count). The van der Waals surface area contributed by atoms with E-state index in [0.29, 0.717) is 5.92 Å². The molecule has 1 saturated heterocycles. The molecule has 0 N–H and O–H groups in total. The molecule has 1 atom stereocenters. The van der Waals surface area contributed by atoms with Crippen LogP contribution < -0.4 is 0 Å². The van der Waals surface area contributed by atoms with E-state index in [4.69, 9.17) is 10.00 Å². The molecule has 2 heteroatoms. The Morgan fingerprint density at radius 1 is 1.80 bits per heavy atom. The number of allylic oxidation sites excluding steroid dienone is 1. The maximum absolute atomic E-state index is 8.33. The molecule has 0 bridgehead atoms. The van der Waals surface area contributed by atoms with Crippen LogP contribution in [-0.4, -0.2) is 13.2 Å². The van der Waals surface area contributed by atoms with Crippen molar-refractivity contribution in [3.8, 4) is 6.07 Å². The number of ether oxygens (including phenoxy) is 1. The summed E-state index contributed by atoms with van der Waals surface area (Å²) in [5, 5.41) is 8.33. The molecule has 0 aromatic heterocycles. The highest BCUT2D eigenvalue weighted by molar-refractivity contribution is 5.14. The Hall–Kier alpha value is -0.810. The van der Waals surface area contributed by atoms with Crippen molar-refractivity contribution in [3.63, 3.8) is 0 Å². The van der Waals surface area contributed by atoms with Crippen LogP contribution in [0.15, 0.2) is 11.6 Å². The van der Waals surface area contributed by atoms with Gasteiger partial charge in [-0.1, -0.05) is 5.57 Å². The Kier molecular flexibility index (Phi) is 2.47. The van der Waals surface area contributed by atoms with Crippen molar-refractivity contribution in [1.29, 1.82) is 5.26 Å². The highest BCUT2D eigenvalue weighted by atomic mass is 16.5. The first kappa shape index (κ1) is 7.30. The van der Waals surface area contributed by atoms with E-state index in [2.05, 4.69) is 0 Å². The summed E-state index contributed by atoms with van der Waals surface area (Å²) in [7, 11) is 0. The van der Waals surface area contributed by atoms with Gasteiger partial charge in [-0.3, -0.25) is 0 Å². The number of hydrogen-bond donors (Lipinski definition) is 0. The lowest BCUT2D eigenvalue weighted by atomic mass is 10.0. The predicted molar refractivity (Wildman–Crippen MR) is 38.3 cm³/mol. The van der Waals surface area contributed by atoms with Gasteiger partial charge in [-0.25, -0.2) is 0 Å². The van der Waals surface area contributed by atoms with E-state index in [1.54, 1.807) is 6.08 Å². The summed E-state index contributed by atoms with van der Waals surface area (Å²) < 4.78 is 5.17. The zero-order chi connectivity index (χ0) is 7.40. The van der Waals surface area contributed by atoms with Crippen molar-refractivity contribution in [2.24, 2.45) is 5.92 Å². The summed E-state index contributed by atoms with van der Waals surface area (Å²) in [4.78, 5) is 0. The maximum Gasteiger partial charge on any atom is 0.0911 e. The van der Waals surface area contributed by atoms with Crippen LogP contribution in [-0.2, 0) is 4.74 Å². The third-order valence-corrected chi connectivity index (χ3v) is 1.87. The van der Waals surface area contributed by atoms with E-state index < -0.39 is 0 Å². The minimum absolute atomic E-state index is 0.500. The van der Waals surface area contributed by atoms with Gasteiger partial charge in [0.25, 0.3) is 0 Å². The second-order valence-electron chi connectivity index (χ2n) is 2.58. The Bertz CT molecular complexity index is 172. The molecular formula is C8H11NO. The monoisotopic (exact) mass is 137 g/mol. The minimum atomic E-state index is 0.500. The lowest BCUT2D eigenvalue weighted by Gasteiger charge is -2.04. The Labute approximate surface area is 61.1 Å². The van der Waals surface area contributed by atoms with Crippen LogP contribution in [0.5, 0.6) is 0 Å². The number of nitrogens with zero attached hydrogens (tertiary/aromatic N) is 1. The van der Waals surface area contributed by atoms with Crippen molar-refractivity contribution >= 4 is 0 Å². The van der Waals surface area contributed by atoms with Crippen LogP contribution in [0.3, 0.4) is 0 Å². The third kappa shape index (κ3) is 1.58. The van der Waals surface area contributed by atoms with Gasteiger partial charge in [0, 0.05) is 18.6 Å². The first-order chi connectivity index (χ1) is 4.84. The normalized spacial score (nSPS) is 26.4. The highest BCUT2D eigenvalue weighted by Crippen LogP contribution is 2.20. The Morgan fingerprint density at radius 2 is 2.60 bits per heavy atom. The fourth-order valence-corrected chi connectivity index (χ4v) is 1.11. The molecule has 1 aliphatic rings. The van der Waals surface area contributed by atoms with E-state index in [-0.39, 0.29) is 0 Å². The number of hydrogen-bond acceptors (Lipinski definition) is 2. The van der Waals surface area contributed by atoms with Crippen LogP contribution in [0.25, 0.3) is 0 Å². The third-order valence-electron chi connectivity index (χ3n) is 1.87. The van der Waals surface area contributed by atoms with Gasteiger partial charge in [-0.2, -0.15) is 5.26 Å². The van der Waals surface area contributed by atoms with Gasteiger partial charge in [-0.15, -0.1) is 0 Å². The second-order valence-corrected chi connectivity index (χ2v) is 2.58. The van der Waals surface area contributed by atoms with Crippen LogP contribution in [0, 0.1) is 17.2 Å². The molecule has 0 aromatic carbocycles. The van der Waals surface area contributed by atoms with E-state index in [0.717, 1.165) is 25.2 Å². The molecule has 1 heterocycles. The zero-order valence-electron chi connectivity index (χ0n) is 6.13. The molecule has 0 spiro atoms. The molecule has 0 aliphatic carbocycles. The molecule has 1 fully saturated rings. The van der Waals surface area contributed by atoms with Crippen molar-refractivity contribution in [2.75, 3.05) is 13.2 Å². The molecule has 1 unspecified atom stereocenters.